The second kappa shape index (κ2) is 8.39. The molecule has 1 aliphatic heterocycles. The third kappa shape index (κ3) is 4.43. The minimum absolute atomic E-state index is 0.00563. The zero-order valence-electron chi connectivity index (χ0n) is 16.4. The van der Waals surface area contributed by atoms with E-state index in [0.29, 0.717) is 18.8 Å². The van der Waals surface area contributed by atoms with E-state index in [1.807, 2.05) is 12.3 Å². The Hall–Kier alpha value is -3.27. The van der Waals surface area contributed by atoms with Crippen molar-refractivity contribution < 1.29 is 4.92 Å². The van der Waals surface area contributed by atoms with E-state index in [1.54, 1.807) is 11.7 Å². The molecule has 1 aliphatic rings. The molecule has 10 heteroatoms. The molecule has 0 aliphatic carbocycles. The summed E-state index contributed by atoms with van der Waals surface area (Å²) in [5.41, 5.74) is 2.21. The number of aryl methyl sites for hydroxylation is 2. The highest BCUT2D eigenvalue weighted by molar-refractivity contribution is 5.46. The Labute approximate surface area is 168 Å². The number of para-hydroxylation sites is 1. The largest absolute Gasteiger partial charge is 0.369 e. The fourth-order valence-corrected chi connectivity index (χ4v) is 3.61. The van der Waals surface area contributed by atoms with Crippen LogP contribution in [-0.4, -0.2) is 60.5 Å². The minimum atomic E-state index is -0.429. The third-order valence-corrected chi connectivity index (χ3v) is 5.28. The van der Waals surface area contributed by atoms with Gasteiger partial charge in [0.25, 0.3) is 0 Å². The monoisotopic (exact) mass is 396 g/mol. The molecule has 0 atom stereocenters. The van der Waals surface area contributed by atoms with Gasteiger partial charge >= 0.3 is 5.82 Å². The topological polar surface area (TPSA) is 98.1 Å². The maximum Gasteiger partial charge on any atom is 0.342 e. The molecule has 152 valence electrons. The van der Waals surface area contributed by atoms with Crippen LogP contribution in [0.3, 0.4) is 0 Å². The van der Waals surface area contributed by atoms with E-state index in [0.717, 1.165) is 38.4 Å². The van der Waals surface area contributed by atoms with Gasteiger partial charge in [-0.15, -0.1) is 5.10 Å². The zero-order valence-corrected chi connectivity index (χ0v) is 16.4. The Morgan fingerprint density at radius 1 is 1.14 bits per heavy atom. The molecule has 0 spiro atoms. The summed E-state index contributed by atoms with van der Waals surface area (Å²) in [5, 5.41) is 19.4. The van der Waals surface area contributed by atoms with Crippen molar-refractivity contribution in [3.63, 3.8) is 0 Å². The van der Waals surface area contributed by atoms with Gasteiger partial charge in [0.05, 0.1) is 19.3 Å². The molecule has 0 N–H and O–H groups in total. The Bertz CT molecular complexity index is 960. The summed E-state index contributed by atoms with van der Waals surface area (Å²) in [6.07, 6.45) is 3.79. The predicted molar refractivity (Wildman–Crippen MR) is 108 cm³/mol. The van der Waals surface area contributed by atoms with Crippen LogP contribution in [-0.2, 0) is 26.6 Å². The van der Waals surface area contributed by atoms with Gasteiger partial charge < -0.3 is 15.0 Å². The van der Waals surface area contributed by atoms with Gasteiger partial charge in [-0.2, -0.15) is 0 Å². The fraction of sp³-hybridized carbons (Fsp3) is 0.421. The highest BCUT2D eigenvalue weighted by Crippen LogP contribution is 2.16. The summed E-state index contributed by atoms with van der Waals surface area (Å²) in [5.74, 6) is 0.653. The average molecular weight is 396 g/mol. The Morgan fingerprint density at radius 2 is 1.90 bits per heavy atom. The van der Waals surface area contributed by atoms with E-state index in [9.17, 15) is 10.1 Å². The number of hydrogen-bond acceptors (Lipinski definition) is 7. The van der Waals surface area contributed by atoms with Gasteiger partial charge in [-0.1, -0.05) is 23.4 Å². The Morgan fingerprint density at radius 3 is 2.59 bits per heavy atom. The minimum Gasteiger partial charge on any atom is -0.369 e. The number of hydrogen-bond donors (Lipinski definition) is 0. The van der Waals surface area contributed by atoms with Crippen LogP contribution >= 0.6 is 0 Å². The number of nitro groups is 1. The number of nitrogens with zero attached hydrogens (tertiary/aromatic N) is 8. The van der Waals surface area contributed by atoms with Gasteiger partial charge in [0.2, 0.25) is 0 Å². The van der Waals surface area contributed by atoms with Crippen LogP contribution in [0.5, 0.6) is 0 Å². The van der Waals surface area contributed by atoms with Crippen LogP contribution in [0.15, 0.2) is 42.7 Å². The van der Waals surface area contributed by atoms with Crippen LogP contribution in [0.4, 0.5) is 11.5 Å². The van der Waals surface area contributed by atoms with Crippen LogP contribution in [0.2, 0.25) is 0 Å². The number of anilines is 1. The molecule has 3 aromatic rings. The van der Waals surface area contributed by atoms with Crippen LogP contribution < -0.4 is 4.90 Å². The van der Waals surface area contributed by atoms with Gasteiger partial charge in [-0.25, -0.2) is 9.55 Å². The first kappa shape index (κ1) is 19.1. The zero-order chi connectivity index (χ0) is 20.2. The molecule has 3 heterocycles. The van der Waals surface area contributed by atoms with Crippen LogP contribution in [0.1, 0.15) is 11.5 Å². The molecule has 0 radical (unpaired) electrons. The number of aromatic nitrogens is 5. The number of imidazole rings is 1. The van der Waals surface area contributed by atoms with E-state index < -0.39 is 4.92 Å². The lowest BCUT2D eigenvalue weighted by molar-refractivity contribution is -0.391. The first-order valence-corrected chi connectivity index (χ1v) is 9.66. The lowest BCUT2D eigenvalue weighted by atomic mass is 10.2. The molecule has 4 rings (SSSR count). The molecule has 0 bridgehead atoms. The van der Waals surface area contributed by atoms with Crippen molar-refractivity contribution in [1.82, 2.24) is 29.4 Å². The SMILES string of the molecule is Cn1c([N+](=O)[O-])cnc1CCn1cc(CN2CCN(c3ccccc3)CC2)nn1. The molecule has 0 amide bonds. The standard InChI is InChI=1S/C19H24N8O2/c1-23-18(20-13-19(23)27(28)29)7-8-26-15-16(21-22-26)14-24-9-11-25(12-10-24)17-5-3-2-4-6-17/h2-6,13,15H,7-12,14H2,1H3. The molecule has 2 aromatic heterocycles. The number of benzene rings is 1. The lowest BCUT2D eigenvalue weighted by Crippen LogP contribution is -2.46. The molecular formula is C19H24N8O2. The van der Waals surface area contributed by atoms with Crippen molar-refractivity contribution >= 4 is 11.5 Å². The summed E-state index contributed by atoms with van der Waals surface area (Å²) in [6, 6.07) is 10.5. The molecule has 10 nitrogen and oxygen atoms in total. The maximum atomic E-state index is 10.9. The van der Waals surface area contributed by atoms with Gasteiger partial charge in [0.15, 0.2) is 5.82 Å². The second-order valence-electron chi connectivity index (χ2n) is 7.17. The second-order valence-corrected chi connectivity index (χ2v) is 7.17. The first-order valence-electron chi connectivity index (χ1n) is 9.66. The average Bonchev–Trinajstić information content (AvgIpc) is 3.34. The van der Waals surface area contributed by atoms with Crippen molar-refractivity contribution in [2.24, 2.45) is 7.05 Å². The number of piperazine rings is 1. The first-order chi connectivity index (χ1) is 14.1. The van der Waals surface area contributed by atoms with E-state index >= 15 is 0 Å². The molecule has 0 saturated carbocycles. The van der Waals surface area contributed by atoms with Gasteiger partial charge in [-0.3, -0.25) is 9.58 Å². The van der Waals surface area contributed by atoms with Gasteiger partial charge in [-0.05, 0) is 17.1 Å². The van der Waals surface area contributed by atoms with Crippen molar-refractivity contribution in [2.45, 2.75) is 19.5 Å². The van der Waals surface area contributed by atoms with Crippen molar-refractivity contribution in [2.75, 3.05) is 31.1 Å². The van der Waals surface area contributed by atoms with Gasteiger partial charge in [0, 0.05) is 51.0 Å². The van der Waals surface area contributed by atoms with E-state index in [1.165, 1.54) is 16.5 Å². The molecule has 0 unspecified atom stereocenters. The summed E-state index contributed by atoms with van der Waals surface area (Å²) < 4.78 is 3.28. The third-order valence-electron chi connectivity index (χ3n) is 5.28. The maximum absolute atomic E-state index is 10.9. The smallest absolute Gasteiger partial charge is 0.342 e. The van der Waals surface area contributed by atoms with E-state index in [2.05, 4.69) is 49.4 Å². The quantitative estimate of drug-likeness (QED) is 0.441. The fourth-order valence-electron chi connectivity index (χ4n) is 3.61. The molecule has 29 heavy (non-hydrogen) atoms. The molecule has 1 fully saturated rings. The van der Waals surface area contributed by atoms with Crippen LogP contribution in [0.25, 0.3) is 0 Å². The van der Waals surface area contributed by atoms with Gasteiger partial charge in [0.1, 0.15) is 6.20 Å². The van der Waals surface area contributed by atoms with Crippen molar-refractivity contribution in [3.05, 3.63) is 64.4 Å². The molecule has 1 saturated heterocycles. The number of rotatable bonds is 7. The highest BCUT2D eigenvalue weighted by Gasteiger charge is 2.19. The van der Waals surface area contributed by atoms with Crippen molar-refractivity contribution in [3.8, 4) is 0 Å². The summed E-state index contributed by atoms with van der Waals surface area (Å²) in [4.78, 5) is 19.4. The van der Waals surface area contributed by atoms with Crippen LogP contribution in [0, 0.1) is 10.1 Å². The van der Waals surface area contributed by atoms with Crippen molar-refractivity contribution in [1.29, 1.82) is 0 Å². The summed E-state index contributed by atoms with van der Waals surface area (Å²) in [6.45, 7) is 5.32. The Kier molecular flexibility index (Phi) is 5.52. The van der Waals surface area contributed by atoms with E-state index in [4.69, 9.17) is 0 Å². The Balaban J connectivity index is 1.27. The lowest BCUT2D eigenvalue weighted by Gasteiger charge is -2.35. The highest BCUT2D eigenvalue weighted by atomic mass is 16.6. The predicted octanol–water partition coefficient (Wildman–Crippen LogP) is 1.48. The normalized spacial score (nSPS) is 15.0. The molecule has 1 aromatic carbocycles. The van der Waals surface area contributed by atoms with E-state index in [-0.39, 0.29) is 5.82 Å². The molecular weight excluding hydrogens is 372 g/mol. The summed E-state index contributed by atoms with van der Waals surface area (Å²) in [7, 11) is 1.66. The summed E-state index contributed by atoms with van der Waals surface area (Å²) >= 11 is 0.